The van der Waals surface area contributed by atoms with Gasteiger partial charge in [0, 0.05) is 44.8 Å². The summed E-state index contributed by atoms with van der Waals surface area (Å²) in [5.74, 6) is -0.0348. The number of sulfonamides is 1. The summed E-state index contributed by atoms with van der Waals surface area (Å²) < 4.78 is 34.0. The molecule has 0 bridgehead atoms. The zero-order valence-corrected chi connectivity index (χ0v) is 25.2. The minimum absolute atomic E-state index is 0. The van der Waals surface area contributed by atoms with Gasteiger partial charge in [0.05, 0.1) is 16.7 Å². The first-order valence-corrected chi connectivity index (χ1v) is 14.7. The Labute approximate surface area is 243 Å². The van der Waals surface area contributed by atoms with E-state index >= 15 is 0 Å². The minimum atomic E-state index is -3.88. The van der Waals surface area contributed by atoms with Crippen molar-refractivity contribution in [2.75, 3.05) is 66.1 Å². The lowest BCUT2D eigenvalue weighted by Crippen LogP contribution is -2.54. The van der Waals surface area contributed by atoms with Gasteiger partial charge in [0.15, 0.2) is 0 Å². The highest BCUT2D eigenvalue weighted by atomic mass is 35.5. The highest BCUT2D eigenvalue weighted by molar-refractivity contribution is 7.89. The zero-order chi connectivity index (χ0) is 25.0. The molecule has 3 fully saturated rings. The quantitative estimate of drug-likeness (QED) is 0.464. The molecule has 212 valence electrons. The van der Waals surface area contributed by atoms with E-state index in [-0.39, 0.29) is 64.9 Å². The average molecular weight is 620 g/mol. The van der Waals surface area contributed by atoms with E-state index < -0.39 is 10.0 Å². The van der Waals surface area contributed by atoms with Gasteiger partial charge in [-0.25, -0.2) is 8.42 Å². The van der Waals surface area contributed by atoms with E-state index in [0.717, 1.165) is 39.0 Å². The van der Waals surface area contributed by atoms with Gasteiger partial charge in [-0.05, 0) is 58.0 Å². The predicted octanol–water partition coefficient (Wildman–Crippen LogP) is 3.64. The van der Waals surface area contributed by atoms with Crippen LogP contribution in [0.3, 0.4) is 0 Å². The summed E-state index contributed by atoms with van der Waals surface area (Å²) in [7, 11) is -1.71. The molecule has 0 spiro atoms. The third-order valence-corrected chi connectivity index (χ3v) is 10.4. The van der Waals surface area contributed by atoms with Crippen molar-refractivity contribution in [3.05, 3.63) is 28.2 Å². The van der Waals surface area contributed by atoms with Crippen molar-refractivity contribution in [2.45, 2.75) is 49.1 Å². The summed E-state index contributed by atoms with van der Waals surface area (Å²) in [4.78, 5) is 19.5. The third-order valence-electron chi connectivity index (χ3n) is 7.47. The number of benzene rings is 1. The lowest BCUT2D eigenvalue weighted by atomic mass is 10.0. The van der Waals surface area contributed by atoms with Gasteiger partial charge in [-0.2, -0.15) is 4.31 Å². The number of piperazine rings is 1. The van der Waals surface area contributed by atoms with E-state index in [4.69, 9.17) is 27.9 Å². The van der Waals surface area contributed by atoms with Gasteiger partial charge in [-0.15, -0.1) is 24.8 Å². The molecule has 3 aliphatic rings. The molecule has 8 nitrogen and oxygen atoms in total. The van der Waals surface area contributed by atoms with E-state index in [9.17, 15) is 13.2 Å². The number of amides is 1. The molecule has 0 radical (unpaired) electrons. The van der Waals surface area contributed by atoms with Crippen LogP contribution in [0.2, 0.25) is 10.0 Å². The molecule has 1 atom stereocenters. The first-order chi connectivity index (χ1) is 16.8. The number of ether oxygens (including phenoxy) is 1. The molecule has 1 aromatic carbocycles. The zero-order valence-electron chi connectivity index (χ0n) is 21.2. The number of nitrogens with zero attached hydrogens (tertiary/aromatic N) is 4. The van der Waals surface area contributed by atoms with Gasteiger partial charge in [0.25, 0.3) is 0 Å². The van der Waals surface area contributed by atoms with Gasteiger partial charge >= 0.3 is 0 Å². The summed E-state index contributed by atoms with van der Waals surface area (Å²) in [6.45, 7) is 6.00. The Kier molecular flexibility index (Phi) is 13.2. The Morgan fingerprint density at radius 3 is 2.19 bits per heavy atom. The van der Waals surface area contributed by atoms with E-state index in [0.29, 0.717) is 32.1 Å². The fourth-order valence-corrected chi connectivity index (χ4v) is 8.15. The summed E-state index contributed by atoms with van der Waals surface area (Å²) in [6, 6.07) is 4.95. The number of likely N-dealkylation sites (tertiary alicyclic amines) is 1. The van der Waals surface area contributed by atoms with Crippen molar-refractivity contribution in [3.8, 4) is 0 Å². The molecular weight excluding hydrogens is 582 g/mol. The van der Waals surface area contributed by atoms with Crippen molar-refractivity contribution in [3.63, 3.8) is 0 Å². The molecule has 0 aliphatic carbocycles. The van der Waals surface area contributed by atoms with E-state index in [1.807, 2.05) is 4.90 Å². The summed E-state index contributed by atoms with van der Waals surface area (Å²) in [6.07, 6.45) is 4.72. The van der Waals surface area contributed by atoms with Crippen molar-refractivity contribution in [2.24, 2.45) is 0 Å². The molecule has 1 aromatic rings. The van der Waals surface area contributed by atoms with Crippen molar-refractivity contribution < 1.29 is 17.9 Å². The fraction of sp³-hybridized carbons (Fsp3) is 0.708. The average Bonchev–Trinajstić information content (AvgIpc) is 2.84. The highest BCUT2D eigenvalue weighted by Crippen LogP contribution is 2.34. The monoisotopic (exact) mass is 618 g/mol. The van der Waals surface area contributed by atoms with Crippen molar-refractivity contribution >= 4 is 63.9 Å². The van der Waals surface area contributed by atoms with Crippen LogP contribution in [0.25, 0.3) is 0 Å². The van der Waals surface area contributed by atoms with Crippen molar-refractivity contribution in [1.29, 1.82) is 0 Å². The SMILES string of the molecule is CN1CCC(N2CCN(C(=O)COCC3CCCCN3S(=O)(=O)c3c(Cl)cccc3Cl)CC2)CC1.Cl.Cl. The Morgan fingerprint density at radius 2 is 1.57 bits per heavy atom. The molecular formula is C24H38Cl4N4O4S. The van der Waals surface area contributed by atoms with E-state index in [2.05, 4.69) is 16.8 Å². The molecule has 13 heteroatoms. The number of halogens is 4. The number of piperidine rings is 2. The predicted molar refractivity (Wildman–Crippen MR) is 152 cm³/mol. The second kappa shape index (κ2) is 14.9. The summed E-state index contributed by atoms with van der Waals surface area (Å²) >= 11 is 12.4. The molecule has 3 heterocycles. The van der Waals surface area contributed by atoms with Crippen LogP contribution in [-0.4, -0.2) is 111 Å². The molecule has 0 saturated carbocycles. The van der Waals surface area contributed by atoms with Crippen LogP contribution in [-0.2, 0) is 19.6 Å². The van der Waals surface area contributed by atoms with Gasteiger partial charge in [-0.1, -0.05) is 35.7 Å². The van der Waals surface area contributed by atoms with Gasteiger partial charge in [0.1, 0.15) is 11.5 Å². The third kappa shape index (κ3) is 8.08. The smallest absolute Gasteiger partial charge is 0.248 e. The largest absolute Gasteiger partial charge is 0.370 e. The number of rotatable bonds is 7. The maximum atomic E-state index is 13.4. The molecule has 3 saturated heterocycles. The molecule has 1 unspecified atom stereocenters. The van der Waals surface area contributed by atoms with Crippen LogP contribution < -0.4 is 0 Å². The van der Waals surface area contributed by atoms with Crippen LogP contribution in [0.4, 0.5) is 0 Å². The lowest BCUT2D eigenvalue weighted by Gasteiger charge is -2.42. The molecule has 37 heavy (non-hydrogen) atoms. The Hall–Kier alpha value is -0.360. The van der Waals surface area contributed by atoms with Crippen molar-refractivity contribution in [1.82, 2.24) is 19.0 Å². The molecule has 1 amide bonds. The topological polar surface area (TPSA) is 73.4 Å². The van der Waals surface area contributed by atoms with Crippen LogP contribution >= 0.6 is 48.0 Å². The van der Waals surface area contributed by atoms with Crippen LogP contribution in [0.15, 0.2) is 23.1 Å². The normalized spacial score (nSPS) is 22.8. The number of carbonyl (C=O) groups excluding carboxylic acids is 1. The lowest BCUT2D eigenvalue weighted by molar-refractivity contribution is -0.138. The number of carbonyl (C=O) groups is 1. The maximum Gasteiger partial charge on any atom is 0.248 e. The Morgan fingerprint density at radius 1 is 0.946 bits per heavy atom. The van der Waals surface area contributed by atoms with Gasteiger partial charge in [-0.3, -0.25) is 9.69 Å². The highest BCUT2D eigenvalue weighted by Gasteiger charge is 2.36. The van der Waals surface area contributed by atoms with E-state index in [1.165, 1.54) is 29.3 Å². The maximum absolute atomic E-state index is 13.4. The molecule has 0 aromatic heterocycles. The second-order valence-corrected chi connectivity index (χ2v) is 12.4. The summed E-state index contributed by atoms with van der Waals surface area (Å²) in [5, 5.41) is 0.217. The minimum Gasteiger partial charge on any atom is -0.370 e. The first kappa shape index (κ1) is 32.8. The van der Waals surface area contributed by atoms with E-state index in [1.54, 1.807) is 6.07 Å². The fourth-order valence-electron chi connectivity index (χ4n) is 5.37. The number of hydrogen-bond acceptors (Lipinski definition) is 6. The summed E-state index contributed by atoms with van der Waals surface area (Å²) in [5.41, 5.74) is 0. The van der Waals surface area contributed by atoms with Gasteiger partial charge in [0.2, 0.25) is 15.9 Å². The standard InChI is InChI=1S/C24H36Cl2N4O4S.2ClH/c1-27-11-8-19(9-12-27)28-13-15-29(16-14-28)23(31)18-34-17-20-5-2-3-10-30(20)35(32,33)24-21(25)6-4-7-22(24)26;;/h4,6-7,19-20H,2-3,5,8-18H2,1H3;2*1H. The Balaban J connectivity index is 0.00000241. The first-order valence-electron chi connectivity index (χ1n) is 12.5. The molecule has 0 N–H and O–H groups in total. The Bertz CT molecular complexity index is 967. The van der Waals surface area contributed by atoms with Gasteiger partial charge < -0.3 is 14.5 Å². The number of hydrogen-bond donors (Lipinski definition) is 0. The van der Waals surface area contributed by atoms with Crippen LogP contribution in [0.5, 0.6) is 0 Å². The van der Waals surface area contributed by atoms with Crippen LogP contribution in [0, 0.1) is 0 Å². The molecule has 3 aliphatic heterocycles. The second-order valence-electron chi connectivity index (χ2n) is 9.78. The molecule has 4 rings (SSSR count). The van der Waals surface area contributed by atoms with Crippen LogP contribution in [0.1, 0.15) is 32.1 Å².